The van der Waals surface area contributed by atoms with Gasteiger partial charge in [0, 0.05) is 12.1 Å². The molecule has 1 atom stereocenters. The number of rotatable bonds is 6. The first-order chi connectivity index (χ1) is 12.0. The van der Waals surface area contributed by atoms with Crippen LogP contribution < -0.4 is 5.32 Å². The van der Waals surface area contributed by atoms with Crippen LogP contribution in [-0.2, 0) is 6.54 Å². The summed E-state index contributed by atoms with van der Waals surface area (Å²) < 4.78 is 5.47. The molecule has 3 rings (SSSR count). The van der Waals surface area contributed by atoms with Gasteiger partial charge in [-0.1, -0.05) is 23.5 Å². The molecule has 2 heterocycles. The Bertz CT molecular complexity index is 844. The lowest BCUT2D eigenvalue weighted by molar-refractivity contribution is 0.102. The van der Waals surface area contributed by atoms with E-state index in [1.165, 1.54) is 11.3 Å². The van der Waals surface area contributed by atoms with Gasteiger partial charge in [-0.3, -0.25) is 15.0 Å². The second-order valence-corrected chi connectivity index (χ2v) is 7.07. The normalized spacial score (nSPS) is 12.3. The molecule has 0 bridgehead atoms. The zero-order valence-electron chi connectivity index (χ0n) is 14.4. The molecule has 130 valence electrons. The number of nitrogens with zero attached hydrogens (tertiary/aromatic N) is 3. The van der Waals surface area contributed by atoms with Crippen LogP contribution in [0.4, 0.5) is 5.13 Å². The number of hydrogen-bond donors (Lipinski definition) is 1. The van der Waals surface area contributed by atoms with Crippen molar-refractivity contribution in [2.75, 3.05) is 12.4 Å². The molecule has 3 aromatic rings. The summed E-state index contributed by atoms with van der Waals surface area (Å²) in [4.78, 5) is 14.6. The van der Waals surface area contributed by atoms with Gasteiger partial charge >= 0.3 is 0 Å². The van der Waals surface area contributed by atoms with Crippen LogP contribution in [0.2, 0.25) is 0 Å². The predicted octanol–water partition coefficient (Wildman–Crippen LogP) is 3.88. The Morgan fingerprint density at radius 3 is 2.84 bits per heavy atom. The van der Waals surface area contributed by atoms with E-state index >= 15 is 0 Å². The van der Waals surface area contributed by atoms with E-state index in [0.717, 1.165) is 16.3 Å². The van der Waals surface area contributed by atoms with Crippen LogP contribution in [0.3, 0.4) is 0 Å². The van der Waals surface area contributed by atoms with Crippen molar-refractivity contribution in [1.29, 1.82) is 0 Å². The van der Waals surface area contributed by atoms with Gasteiger partial charge in [-0.2, -0.15) is 0 Å². The van der Waals surface area contributed by atoms with Crippen molar-refractivity contribution in [1.82, 2.24) is 15.1 Å². The van der Waals surface area contributed by atoms with E-state index in [4.69, 9.17) is 4.42 Å². The van der Waals surface area contributed by atoms with E-state index in [2.05, 4.69) is 27.3 Å². The quantitative estimate of drug-likeness (QED) is 0.725. The summed E-state index contributed by atoms with van der Waals surface area (Å²) in [7, 11) is 2.03. The lowest BCUT2D eigenvalue weighted by Crippen LogP contribution is -2.22. The Hall–Kier alpha value is -2.51. The van der Waals surface area contributed by atoms with Gasteiger partial charge < -0.3 is 4.42 Å². The number of anilines is 1. The largest absolute Gasteiger partial charge is 0.468 e. The highest BCUT2D eigenvalue weighted by molar-refractivity contribution is 7.15. The maximum atomic E-state index is 12.4. The van der Waals surface area contributed by atoms with E-state index in [1.807, 2.05) is 44.3 Å². The maximum Gasteiger partial charge on any atom is 0.257 e. The number of hydrogen-bond acceptors (Lipinski definition) is 6. The van der Waals surface area contributed by atoms with Crippen molar-refractivity contribution in [3.05, 3.63) is 64.6 Å². The van der Waals surface area contributed by atoms with Gasteiger partial charge in [-0.25, -0.2) is 0 Å². The smallest absolute Gasteiger partial charge is 0.257 e. The molecule has 0 fully saturated rings. The highest BCUT2D eigenvalue weighted by Gasteiger charge is 2.15. The van der Waals surface area contributed by atoms with E-state index < -0.39 is 0 Å². The van der Waals surface area contributed by atoms with E-state index in [0.29, 0.717) is 17.2 Å². The minimum atomic E-state index is -0.181. The third-order valence-corrected chi connectivity index (χ3v) is 4.74. The van der Waals surface area contributed by atoms with Gasteiger partial charge in [-0.05, 0) is 50.7 Å². The zero-order valence-corrected chi connectivity index (χ0v) is 15.2. The molecule has 25 heavy (non-hydrogen) atoms. The molecule has 0 aliphatic heterocycles. The van der Waals surface area contributed by atoms with Crippen LogP contribution in [0.25, 0.3) is 0 Å². The number of aryl methyl sites for hydroxylation is 1. The van der Waals surface area contributed by atoms with Gasteiger partial charge in [0.25, 0.3) is 5.91 Å². The van der Waals surface area contributed by atoms with E-state index in [1.54, 1.807) is 12.3 Å². The molecule has 0 aliphatic rings. The van der Waals surface area contributed by atoms with Crippen LogP contribution in [-0.4, -0.2) is 28.1 Å². The van der Waals surface area contributed by atoms with Gasteiger partial charge in [0.05, 0.1) is 12.3 Å². The van der Waals surface area contributed by atoms with Crippen LogP contribution >= 0.6 is 11.3 Å². The fourth-order valence-electron chi connectivity index (χ4n) is 2.50. The molecular formula is C18H20N4O2S. The molecule has 2 aromatic heterocycles. The first-order valence-electron chi connectivity index (χ1n) is 7.97. The van der Waals surface area contributed by atoms with Crippen molar-refractivity contribution >= 4 is 22.4 Å². The third-order valence-electron chi connectivity index (χ3n) is 3.98. The van der Waals surface area contributed by atoms with Crippen molar-refractivity contribution in [2.45, 2.75) is 26.4 Å². The van der Waals surface area contributed by atoms with Crippen LogP contribution in [0.5, 0.6) is 0 Å². The Morgan fingerprint density at radius 1 is 1.32 bits per heavy atom. The molecule has 6 nitrogen and oxygen atoms in total. The first kappa shape index (κ1) is 17.3. The zero-order chi connectivity index (χ0) is 17.8. The molecule has 7 heteroatoms. The van der Waals surface area contributed by atoms with Crippen molar-refractivity contribution in [2.24, 2.45) is 0 Å². The first-order valence-corrected chi connectivity index (χ1v) is 8.78. The lowest BCUT2D eigenvalue weighted by atomic mass is 10.1. The Kier molecular flexibility index (Phi) is 5.25. The summed E-state index contributed by atoms with van der Waals surface area (Å²) in [5.41, 5.74) is 1.66. The average molecular weight is 356 g/mol. The fourth-order valence-corrected chi connectivity index (χ4v) is 3.09. The second kappa shape index (κ2) is 7.58. The van der Waals surface area contributed by atoms with E-state index in [-0.39, 0.29) is 11.9 Å². The highest BCUT2D eigenvalue weighted by atomic mass is 32.1. The van der Waals surface area contributed by atoms with E-state index in [9.17, 15) is 4.79 Å². The van der Waals surface area contributed by atoms with Gasteiger partial charge in [0.15, 0.2) is 0 Å². The molecule has 0 spiro atoms. The molecule has 0 aliphatic carbocycles. The summed E-state index contributed by atoms with van der Waals surface area (Å²) in [5, 5.41) is 11.9. The van der Waals surface area contributed by atoms with Crippen LogP contribution in [0.15, 0.2) is 47.1 Å². The molecule has 1 amide bonds. The highest BCUT2D eigenvalue weighted by Crippen LogP contribution is 2.21. The fraction of sp³-hybridized carbons (Fsp3) is 0.278. The number of carbonyl (C=O) groups is 1. The summed E-state index contributed by atoms with van der Waals surface area (Å²) in [5.74, 6) is 0.739. The molecule has 1 aromatic carbocycles. The number of furan rings is 1. The third kappa shape index (κ3) is 4.32. The maximum absolute atomic E-state index is 12.4. The molecular weight excluding hydrogens is 336 g/mol. The summed E-state index contributed by atoms with van der Waals surface area (Å²) in [6.07, 6.45) is 1.68. The average Bonchev–Trinajstić information content (AvgIpc) is 3.26. The van der Waals surface area contributed by atoms with Gasteiger partial charge in [0.1, 0.15) is 10.8 Å². The number of nitrogens with one attached hydrogen (secondary N) is 1. The summed E-state index contributed by atoms with van der Waals surface area (Å²) >= 11 is 1.36. The molecule has 0 saturated heterocycles. The Balaban J connectivity index is 1.67. The van der Waals surface area contributed by atoms with Crippen molar-refractivity contribution in [3.8, 4) is 0 Å². The van der Waals surface area contributed by atoms with Crippen molar-refractivity contribution < 1.29 is 9.21 Å². The minimum Gasteiger partial charge on any atom is -0.468 e. The minimum absolute atomic E-state index is 0.150. The number of aromatic nitrogens is 2. The summed E-state index contributed by atoms with van der Waals surface area (Å²) in [6, 6.07) is 11.6. The van der Waals surface area contributed by atoms with Gasteiger partial charge in [0.2, 0.25) is 5.13 Å². The topological polar surface area (TPSA) is 71.3 Å². The van der Waals surface area contributed by atoms with Crippen LogP contribution in [0.1, 0.15) is 39.7 Å². The number of amides is 1. The monoisotopic (exact) mass is 356 g/mol. The predicted molar refractivity (Wildman–Crippen MR) is 97.6 cm³/mol. The number of carbonyl (C=O) groups excluding carboxylic acids is 1. The van der Waals surface area contributed by atoms with Gasteiger partial charge in [-0.15, -0.1) is 10.2 Å². The lowest BCUT2D eigenvalue weighted by Gasteiger charge is -2.23. The molecule has 0 saturated carbocycles. The summed E-state index contributed by atoms with van der Waals surface area (Å²) in [6.45, 7) is 4.65. The standard InChI is InChI=1S/C18H20N4O2S/c1-12(16-8-5-9-24-16)22(3)11-14-6-4-7-15(10-14)17(23)19-18-21-20-13(2)25-18/h4-10,12H,11H2,1-3H3,(H,19,21,23)/t12-/m0/s1. The van der Waals surface area contributed by atoms with Crippen molar-refractivity contribution in [3.63, 3.8) is 0 Å². The van der Waals surface area contributed by atoms with Crippen LogP contribution in [0, 0.1) is 6.92 Å². The molecule has 0 unspecified atom stereocenters. The Labute approximate surface area is 150 Å². The number of benzene rings is 1. The SMILES string of the molecule is Cc1nnc(NC(=O)c2cccc(CN(C)[C@@H](C)c3ccco3)c2)s1. The second-order valence-electron chi connectivity index (χ2n) is 5.89. The Morgan fingerprint density at radius 2 is 2.16 bits per heavy atom. The molecule has 1 N–H and O–H groups in total. The molecule has 0 radical (unpaired) electrons.